The van der Waals surface area contributed by atoms with Gasteiger partial charge in [0.05, 0.1) is 5.58 Å². The Kier molecular flexibility index (Phi) is 8.12. The van der Waals surface area contributed by atoms with Gasteiger partial charge in [-0.05, 0) is 56.8 Å². The molecule has 1 radical (unpaired) electrons. The van der Waals surface area contributed by atoms with Gasteiger partial charge in [0.25, 0.3) is 0 Å². The van der Waals surface area contributed by atoms with Crippen molar-refractivity contribution in [3.63, 3.8) is 0 Å². The van der Waals surface area contributed by atoms with Crippen LogP contribution in [-0.2, 0) is 20.1 Å². The van der Waals surface area contributed by atoms with Crippen LogP contribution in [0.2, 0.25) is 0 Å². The van der Waals surface area contributed by atoms with E-state index in [1.165, 1.54) is 16.7 Å². The van der Waals surface area contributed by atoms with Crippen LogP contribution in [0.4, 0.5) is 0 Å². The van der Waals surface area contributed by atoms with Crippen LogP contribution in [0.5, 0.6) is 0 Å². The van der Waals surface area contributed by atoms with Gasteiger partial charge in [-0.2, -0.15) is 0 Å². The molecule has 0 amide bonds. The van der Waals surface area contributed by atoms with E-state index in [1.54, 1.807) is 6.20 Å². The molecule has 5 heteroatoms. The number of hydrogen-bond acceptors (Lipinski definition) is 4. The Bertz CT molecular complexity index is 1990. The van der Waals surface area contributed by atoms with Gasteiger partial charge in [-0.1, -0.05) is 53.8 Å². The molecule has 7 rings (SSSR count). The molecular weight excluding hydrogens is 683 g/mol. The van der Waals surface area contributed by atoms with Crippen molar-refractivity contribution in [2.24, 2.45) is 0 Å². The van der Waals surface area contributed by atoms with Gasteiger partial charge in [-0.15, -0.1) is 53.6 Å². The van der Waals surface area contributed by atoms with Crippen LogP contribution >= 0.6 is 0 Å². The van der Waals surface area contributed by atoms with Gasteiger partial charge < -0.3 is 14.4 Å². The molecule has 205 valence electrons. The van der Waals surface area contributed by atoms with Crippen LogP contribution in [0.15, 0.2) is 89.6 Å². The van der Waals surface area contributed by atoms with Crippen molar-refractivity contribution in [2.45, 2.75) is 34.6 Å². The maximum Gasteiger partial charge on any atom is 0.128 e. The van der Waals surface area contributed by atoms with Crippen LogP contribution in [0.25, 0.3) is 55.2 Å². The van der Waals surface area contributed by atoms with Crippen LogP contribution in [-0.4, -0.2) is 15.0 Å². The SMILES string of the molecule is Cc1c[c-]c(-c2cc(C)c(C)cn2)cc1.Cc1cc2c(ccc3c4cc[c-]c(-c5ccccn5)c4oc23)c(C)n1.[Ir]. The Balaban J connectivity index is 0.000000182. The largest absolute Gasteiger partial charge is 0.500 e. The Hall–Kier alpha value is -4.18. The van der Waals surface area contributed by atoms with Crippen molar-refractivity contribution in [3.05, 3.63) is 125 Å². The fraction of sp³-hybridized carbons (Fsp3) is 0.139. The number of hydrogen-bond donors (Lipinski definition) is 0. The number of pyridine rings is 3. The average Bonchev–Trinajstić information content (AvgIpc) is 3.35. The Labute approximate surface area is 253 Å². The number of rotatable bonds is 2. The summed E-state index contributed by atoms with van der Waals surface area (Å²) in [6.45, 7) is 10.3. The average molecular weight is 712 g/mol. The topological polar surface area (TPSA) is 51.8 Å². The first kappa shape index (κ1) is 28.4. The Morgan fingerprint density at radius 2 is 1.49 bits per heavy atom. The zero-order chi connectivity index (χ0) is 27.8. The van der Waals surface area contributed by atoms with Gasteiger partial charge >= 0.3 is 0 Å². The summed E-state index contributed by atoms with van der Waals surface area (Å²) in [7, 11) is 0. The quantitative estimate of drug-likeness (QED) is 0.168. The van der Waals surface area contributed by atoms with Crippen LogP contribution in [0.1, 0.15) is 28.1 Å². The molecule has 0 saturated carbocycles. The predicted molar refractivity (Wildman–Crippen MR) is 163 cm³/mol. The summed E-state index contributed by atoms with van der Waals surface area (Å²) in [5, 5.41) is 4.42. The van der Waals surface area contributed by atoms with E-state index in [0.29, 0.717) is 0 Å². The third-order valence-corrected chi connectivity index (χ3v) is 7.26. The van der Waals surface area contributed by atoms with Crippen molar-refractivity contribution in [1.82, 2.24) is 15.0 Å². The minimum absolute atomic E-state index is 0. The third-order valence-electron chi connectivity index (χ3n) is 7.26. The summed E-state index contributed by atoms with van der Waals surface area (Å²) >= 11 is 0. The first-order chi connectivity index (χ1) is 19.4. The number of aryl methyl sites for hydroxylation is 5. The number of furan rings is 1. The molecule has 3 aromatic carbocycles. The first-order valence-corrected chi connectivity index (χ1v) is 13.4. The zero-order valence-corrected chi connectivity index (χ0v) is 26.1. The van der Waals surface area contributed by atoms with Gasteiger partial charge in [-0.25, -0.2) is 0 Å². The number of benzene rings is 3. The molecule has 0 N–H and O–H groups in total. The van der Waals surface area contributed by atoms with E-state index in [0.717, 1.165) is 66.6 Å². The molecule has 4 nitrogen and oxygen atoms in total. The minimum Gasteiger partial charge on any atom is -0.500 e. The first-order valence-electron chi connectivity index (χ1n) is 13.4. The summed E-state index contributed by atoms with van der Waals surface area (Å²) in [6, 6.07) is 31.0. The molecule has 0 fully saturated rings. The van der Waals surface area contributed by atoms with Crippen LogP contribution in [0, 0.1) is 46.8 Å². The zero-order valence-electron chi connectivity index (χ0n) is 23.7. The summed E-state index contributed by atoms with van der Waals surface area (Å²) in [5.41, 5.74) is 11.3. The standard InChI is InChI=1S/C22H15N2O.C14H14N.Ir/c1-13-12-19-15(14(2)24-13)9-10-17-16-6-5-7-18(21(16)25-22(17)19)20-8-3-4-11-23-20;1-10-4-6-13(7-5-10)14-8-11(2)12(3)9-15-14;/h3-6,8-12H,1-2H3;4-6,8-9H,1-3H3;/q2*-1;. The second-order valence-corrected chi connectivity index (χ2v) is 10.2. The van der Waals surface area contributed by atoms with E-state index >= 15 is 0 Å². The van der Waals surface area contributed by atoms with E-state index in [2.05, 4.69) is 90.3 Å². The van der Waals surface area contributed by atoms with Gasteiger partial charge in [0.1, 0.15) is 5.58 Å². The molecule has 0 aliphatic carbocycles. The van der Waals surface area contributed by atoms with Gasteiger partial charge in [-0.3, -0.25) is 4.98 Å². The maximum absolute atomic E-state index is 6.36. The summed E-state index contributed by atoms with van der Waals surface area (Å²) < 4.78 is 6.36. The number of nitrogens with zero attached hydrogens (tertiary/aromatic N) is 3. The van der Waals surface area contributed by atoms with Gasteiger partial charge in [0, 0.05) is 60.0 Å². The van der Waals surface area contributed by atoms with Crippen molar-refractivity contribution >= 4 is 32.7 Å². The summed E-state index contributed by atoms with van der Waals surface area (Å²) in [6.07, 6.45) is 3.71. The fourth-order valence-corrected chi connectivity index (χ4v) is 4.99. The molecule has 41 heavy (non-hydrogen) atoms. The van der Waals surface area contributed by atoms with Crippen molar-refractivity contribution in [1.29, 1.82) is 0 Å². The molecule has 7 aromatic rings. The molecule has 4 aromatic heterocycles. The van der Waals surface area contributed by atoms with Crippen molar-refractivity contribution in [2.75, 3.05) is 0 Å². The molecule has 4 heterocycles. The second kappa shape index (κ2) is 11.7. The number of aromatic nitrogens is 3. The molecule has 0 spiro atoms. The van der Waals surface area contributed by atoms with Crippen molar-refractivity contribution < 1.29 is 24.5 Å². The predicted octanol–water partition coefficient (Wildman–Crippen LogP) is 9.08. The molecular formula is C36H29IrN3O-2. The molecule has 0 aliphatic rings. The molecule has 0 saturated heterocycles. The molecule has 0 atom stereocenters. The molecule has 0 aliphatic heterocycles. The number of fused-ring (bicyclic) bond motifs is 5. The Morgan fingerprint density at radius 3 is 2.22 bits per heavy atom. The van der Waals surface area contributed by atoms with Gasteiger partial charge in [0.2, 0.25) is 0 Å². The normalized spacial score (nSPS) is 10.9. The maximum atomic E-state index is 6.36. The summed E-state index contributed by atoms with van der Waals surface area (Å²) in [4.78, 5) is 13.4. The van der Waals surface area contributed by atoms with Gasteiger partial charge in [0.15, 0.2) is 0 Å². The van der Waals surface area contributed by atoms with E-state index in [9.17, 15) is 0 Å². The van der Waals surface area contributed by atoms with Crippen LogP contribution < -0.4 is 0 Å². The Morgan fingerprint density at radius 1 is 0.683 bits per heavy atom. The molecule has 0 unspecified atom stereocenters. The van der Waals surface area contributed by atoms with E-state index in [1.807, 2.05) is 50.4 Å². The smallest absolute Gasteiger partial charge is 0.128 e. The van der Waals surface area contributed by atoms with E-state index < -0.39 is 0 Å². The molecule has 0 bridgehead atoms. The second-order valence-electron chi connectivity index (χ2n) is 10.2. The van der Waals surface area contributed by atoms with E-state index in [-0.39, 0.29) is 20.1 Å². The van der Waals surface area contributed by atoms with Crippen LogP contribution in [0.3, 0.4) is 0 Å². The van der Waals surface area contributed by atoms with Crippen molar-refractivity contribution in [3.8, 4) is 22.5 Å². The van der Waals surface area contributed by atoms with E-state index in [4.69, 9.17) is 4.42 Å². The monoisotopic (exact) mass is 712 g/mol. The fourth-order valence-electron chi connectivity index (χ4n) is 4.99. The summed E-state index contributed by atoms with van der Waals surface area (Å²) in [5.74, 6) is 0. The third kappa shape index (κ3) is 5.56. The minimum atomic E-state index is 0.